The summed E-state index contributed by atoms with van der Waals surface area (Å²) >= 11 is 1.56. The maximum absolute atomic E-state index is 13.0. The smallest absolute Gasteiger partial charge is 0.193 e. The van der Waals surface area contributed by atoms with E-state index in [0.717, 1.165) is 21.8 Å². The molecule has 1 atom stereocenters. The molecule has 5 heteroatoms. The van der Waals surface area contributed by atoms with Crippen LogP contribution in [-0.4, -0.2) is 14.5 Å². The van der Waals surface area contributed by atoms with Gasteiger partial charge in [-0.2, -0.15) is 0 Å². The number of aromatic nitrogens is 2. The fraction of sp³-hybridized carbons (Fsp3) is 0.214. The number of aliphatic hydroxyl groups is 1. The zero-order valence-electron chi connectivity index (χ0n) is 10.4. The van der Waals surface area contributed by atoms with Crippen LogP contribution >= 0.6 is 11.3 Å². The molecule has 0 amide bonds. The van der Waals surface area contributed by atoms with E-state index in [1.807, 2.05) is 22.2 Å². The van der Waals surface area contributed by atoms with Gasteiger partial charge in [0, 0.05) is 24.2 Å². The standard InChI is InChI=1S/C14H13FN2OS/c1-9-6-10(15)2-3-12(9)13(18)7-11-8-17-4-5-19-14(17)16-11/h2-6,8,13,18H,7H2,1H3. The van der Waals surface area contributed by atoms with Crippen molar-refractivity contribution < 1.29 is 9.50 Å². The van der Waals surface area contributed by atoms with E-state index in [2.05, 4.69) is 4.98 Å². The highest BCUT2D eigenvalue weighted by molar-refractivity contribution is 7.15. The summed E-state index contributed by atoms with van der Waals surface area (Å²) < 4.78 is 15.0. The van der Waals surface area contributed by atoms with Gasteiger partial charge >= 0.3 is 0 Å². The van der Waals surface area contributed by atoms with Gasteiger partial charge in [0.15, 0.2) is 4.96 Å². The number of aryl methyl sites for hydroxylation is 1. The zero-order chi connectivity index (χ0) is 13.4. The Hall–Kier alpha value is -1.72. The van der Waals surface area contributed by atoms with Crippen LogP contribution in [0.1, 0.15) is 22.9 Å². The Morgan fingerprint density at radius 3 is 3.05 bits per heavy atom. The molecule has 0 aliphatic rings. The van der Waals surface area contributed by atoms with Gasteiger partial charge in [-0.25, -0.2) is 9.37 Å². The monoisotopic (exact) mass is 276 g/mol. The highest BCUT2D eigenvalue weighted by atomic mass is 32.1. The van der Waals surface area contributed by atoms with E-state index in [0.29, 0.717) is 6.42 Å². The molecule has 2 aromatic heterocycles. The molecule has 0 radical (unpaired) electrons. The second-order valence-corrected chi connectivity index (χ2v) is 5.42. The van der Waals surface area contributed by atoms with Crippen molar-refractivity contribution in [2.24, 2.45) is 0 Å². The summed E-state index contributed by atoms with van der Waals surface area (Å²) in [5, 5.41) is 12.2. The molecule has 0 bridgehead atoms. The number of hydrogen-bond acceptors (Lipinski definition) is 3. The topological polar surface area (TPSA) is 37.5 Å². The first-order chi connectivity index (χ1) is 9.13. The first-order valence-corrected chi connectivity index (χ1v) is 6.86. The quantitative estimate of drug-likeness (QED) is 0.798. The normalized spacial score (nSPS) is 13.0. The van der Waals surface area contributed by atoms with Gasteiger partial charge in [-0.15, -0.1) is 11.3 Å². The fourth-order valence-electron chi connectivity index (χ4n) is 2.20. The summed E-state index contributed by atoms with van der Waals surface area (Å²) in [6.45, 7) is 1.80. The maximum atomic E-state index is 13.0. The molecule has 1 N–H and O–H groups in total. The van der Waals surface area contributed by atoms with Crippen molar-refractivity contribution in [3.8, 4) is 0 Å². The largest absolute Gasteiger partial charge is 0.388 e. The molecular formula is C14H13FN2OS. The van der Waals surface area contributed by atoms with Gasteiger partial charge in [0.1, 0.15) is 5.82 Å². The summed E-state index contributed by atoms with van der Waals surface area (Å²) in [5.74, 6) is -0.282. The minimum absolute atomic E-state index is 0.282. The zero-order valence-corrected chi connectivity index (χ0v) is 11.2. The van der Waals surface area contributed by atoms with E-state index < -0.39 is 6.10 Å². The summed E-state index contributed by atoms with van der Waals surface area (Å²) in [7, 11) is 0. The molecule has 0 saturated carbocycles. The second kappa shape index (κ2) is 4.75. The lowest BCUT2D eigenvalue weighted by Gasteiger charge is -2.12. The lowest BCUT2D eigenvalue weighted by atomic mass is 10.0. The number of hydrogen-bond donors (Lipinski definition) is 1. The van der Waals surface area contributed by atoms with E-state index in [-0.39, 0.29) is 5.82 Å². The molecule has 2 heterocycles. The van der Waals surface area contributed by atoms with Crippen molar-refractivity contribution in [3.05, 3.63) is 58.6 Å². The van der Waals surface area contributed by atoms with Gasteiger partial charge in [-0.3, -0.25) is 4.40 Å². The van der Waals surface area contributed by atoms with Crippen LogP contribution in [0, 0.1) is 12.7 Å². The van der Waals surface area contributed by atoms with Crippen LogP contribution in [0.5, 0.6) is 0 Å². The first kappa shape index (κ1) is 12.3. The van der Waals surface area contributed by atoms with Gasteiger partial charge in [0.25, 0.3) is 0 Å². The minimum atomic E-state index is -0.662. The Morgan fingerprint density at radius 1 is 1.47 bits per heavy atom. The molecule has 3 nitrogen and oxygen atoms in total. The lowest BCUT2D eigenvalue weighted by Crippen LogP contribution is -2.04. The predicted molar refractivity (Wildman–Crippen MR) is 72.9 cm³/mol. The molecule has 0 saturated heterocycles. The lowest BCUT2D eigenvalue weighted by molar-refractivity contribution is 0.176. The number of thiazole rings is 1. The number of imidazole rings is 1. The van der Waals surface area contributed by atoms with Crippen molar-refractivity contribution >= 4 is 16.3 Å². The molecule has 0 spiro atoms. The van der Waals surface area contributed by atoms with Crippen molar-refractivity contribution in [1.82, 2.24) is 9.38 Å². The number of halogens is 1. The molecule has 1 unspecified atom stereocenters. The van der Waals surface area contributed by atoms with Crippen molar-refractivity contribution in [2.45, 2.75) is 19.4 Å². The van der Waals surface area contributed by atoms with E-state index in [1.54, 1.807) is 24.3 Å². The van der Waals surface area contributed by atoms with Crippen LogP contribution in [0.2, 0.25) is 0 Å². The van der Waals surface area contributed by atoms with Crippen LogP contribution in [-0.2, 0) is 6.42 Å². The summed E-state index contributed by atoms with van der Waals surface area (Å²) in [6.07, 6.45) is 3.62. The minimum Gasteiger partial charge on any atom is -0.388 e. The third-order valence-corrected chi connectivity index (χ3v) is 3.91. The van der Waals surface area contributed by atoms with E-state index in [9.17, 15) is 9.50 Å². The van der Waals surface area contributed by atoms with Crippen LogP contribution in [0.15, 0.2) is 36.0 Å². The number of benzene rings is 1. The van der Waals surface area contributed by atoms with Gasteiger partial charge in [0.05, 0.1) is 11.8 Å². The number of aliphatic hydroxyl groups excluding tert-OH is 1. The average molecular weight is 276 g/mol. The third kappa shape index (κ3) is 2.39. The Kier molecular flexibility index (Phi) is 3.08. The molecule has 3 aromatic rings. The van der Waals surface area contributed by atoms with E-state index in [4.69, 9.17) is 0 Å². The molecule has 0 aliphatic carbocycles. The summed E-state index contributed by atoms with van der Waals surface area (Å²) in [5.41, 5.74) is 2.34. The average Bonchev–Trinajstić information content (AvgIpc) is 2.89. The Balaban J connectivity index is 1.84. The summed E-state index contributed by atoms with van der Waals surface area (Å²) in [6, 6.07) is 4.44. The molecule has 19 heavy (non-hydrogen) atoms. The number of nitrogens with zero attached hydrogens (tertiary/aromatic N) is 2. The number of fused-ring (bicyclic) bond motifs is 1. The Morgan fingerprint density at radius 2 is 2.32 bits per heavy atom. The number of rotatable bonds is 3. The van der Waals surface area contributed by atoms with Crippen molar-refractivity contribution in [3.63, 3.8) is 0 Å². The van der Waals surface area contributed by atoms with Gasteiger partial charge in [-0.05, 0) is 30.2 Å². The third-order valence-electron chi connectivity index (χ3n) is 3.14. The van der Waals surface area contributed by atoms with Crippen LogP contribution < -0.4 is 0 Å². The summed E-state index contributed by atoms with van der Waals surface area (Å²) in [4.78, 5) is 5.35. The van der Waals surface area contributed by atoms with Crippen molar-refractivity contribution in [1.29, 1.82) is 0 Å². The van der Waals surface area contributed by atoms with Crippen LogP contribution in [0.3, 0.4) is 0 Å². The van der Waals surface area contributed by atoms with E-state index in [1.165, 1.54) is 12.1 Å². The highest BCUT2D eigenvalue weighted by Gasteiger charge is 2.14. The molecule has 0 fully saturated rings. The molecule has 0 aliphatic heterocycles. The van der Waals surface area contributed by atoms with E-state index >= 15 is 0 Å². The Labute approximate surface area is 114 Å². The van der Waals surface area contributed by atoms with Crippen molar-refractivity contribution in [2.75, 3.05) is 0 Å². The predicted octanol–water partition coefficient (Wildman–Crippen LogP) is 3.12. The first-order valence-electron chi connectivity index (χ1n) is 5.98. The SMILES string of the molecule is Cc1cc(F)ccc1C(O)Cc1cn2ccsc2n1. The van der Waals surface area contributed by atoms with Gasteiger partial charge < -0.3 is 5.11 Å². The molecule has 98 valence electrons. The van der Waals surface area contributed by atoms with Gasteiger partial charge in [0.2, 0.25) is 0 Å². The molecular weight excluding hydrogens is 263 g/mol. The van der Waals surface area contributed by atoms with Gasteiger partial charge in [-0.1, -0.05) is 6.07 Å². The molecule has 1 aromatic carbocycles. The van der Waals surface area contributed by atoms with Crippen LogP contribution in [0.25, 0.3) is 4.96 Å². The molecule has 3 rings (SSSR count). The second-order valence-electron chi connectivity index (χ2n) is 4.55. The van der Waals surface area contributed by atoms with Crippen LogP contribution in [0.4, 0.5) is 4.39 Å². The Bertz CT molecular complexity index is 691. The highest BCUT2D eigenvalue weighted by Crippen LogP contribution is 2.23. The fourth-order valence-corrected chi connectivity index (χ4v) is 2.91. The maximum Gasteiger partial charge on any atom is 0.193 e.